The van der Waals surface area contributed by atoms with Crippen molar-refractivity contribution in [2.75, 3.05) is 13.1 Å². The van der Waals surface area contributed by atoms with Crippen LogP contribution in [0.4, 0.5) is 4.79 Å². The number of rotatable bonds is 4. The number of likely N-dealkylation sites (tertiary alicyclic amines) is 1. The predicted octanol–water partition coefficient (Wildman–Crippen LogP) is 2.86. The van der Waals surface area contributed by atoms with E-state index in [1.807, 2.05) is 34.6 Å². The maximum absolute atomic E-state index is 11.7. The Morgan fingerprint density at radius 2 is 1.83 bits per heavy atom. The van der Waals surface area contributed by atoms with Gasteiger partial charge in [-0.15, -0.1) is 0 Å². The maximum Gasteiger partial charge on any atom is 0.410 e. The van der Waals surface area contributed by atoms with Crippen molar-refractivity contribution < 1.29 is 14.3 Å². The van der Waals surface area contributed by atoms with Crippen molar-refractivity contribution in [1.82, 2.24) is 4.90 Å². The van der Waals surface area contributed by atoms with E-state index in [1.165, 1.54) is 0 Å². The van der Waals surface area contributed by atoms with E-state index in [2.05, 4.69) is 0 Å². The van der Waals surface area contributed by atoms with Gasteiger partial charge in [0.05, 0.1) is 0 Å². The topological polar surface area (TPSA) is 46.6 Å². The summed E-state index contributed by atoms with van der Waals surface area (Å²) in [6.07, 6.45) is 0.968. The molecule has 1 rings (SSSR count). The first-order valence-corrected chi connectivity index (χ1v) is 6.67. The second-order valence-electron chi connectivity index (χ2n) is 6.59. The van der Waals surface area contributed by atoms with Crippen molar-refractivity contribution in [3.63, 3.8) is 0 Å². The van der Waals surface area contributed by atoms with Crippen LogP contribution >= 0.6 is 0 Å². The quantitative estimate of drug-likeness (QED) is 0.776. The third kappa shape index (κ3) is 5.07. The lowest BCUT2D eigenvalue weighted by atomic mass is 9.91. The molecule has 0 aromatic carbocycles. The molecule has 0 bridgehead atoms. The van der Waals surface area contributed by atoms with E-state index in [0.29, 0.717) is 43.6 Å². The van der Waals surface area contributed by atoms with Crippen molar-refractivity contribution in [2.24, 2.45) is 11.8 Å². The fourth-order valence-corrected chi connectivity index (χ4v) is 2.04. The van der Waals surface area contributed by atoms with Gasteiger partial charge in [-0.05, 0) is 26.7 Å². The fourth-order valence-electron chi connectivity index (χ4n) is 2.04. The molecule has 0 atom stereocenters. The van der Waals surface area contributed by atoms with Crippen molar-refractivity contribution in [2.45, 2.75) is 53.1 Å². The second-order valence-corrected chi connectivity index (χ2v) is 6.59. The van der Waals surface area contributed by atoms with Gasteiger partial charge in [-0.2, -0.15) is 0 Å². The lowest BCUT2D eigenvalue weighted by Gasteiger charge is -2.39. The number of amides is 1. The Morgan fingerprint density at radius 3 is 2.28 bits per heavy atom. The molecule has 0 unspecified atom stereocenters. The smallest absolute Gasteiger partial charge is 0.410 e. The molecule has 18 heavy (non-hydrogen) atoms. The van der Waals surface area contributed by atoms with Crippen LogP contribution in [-0.2, 0) is 9.53 Å². The molecule has 0 radical (unpaired) electrons. The number of Topliss-reactive ketones (excluding diaryl/α,β-unsaturated/α-hetero) is 1. The molecule has 0 aliphatic carbocycles. The van der Waals surface area contributed by atoms with Crippen molar-refractivity contribution >= 4 is 11.9 Å². The van der Waals surface area contributed by atoms with Crippen LogP contribution in [0.5, 0.6) is 0 Å². The van der Waals surface area contributed by atoms with Crippen molar-refractivity contribution in [1.29, 1.82) is 0 Å². The third-order valence-electron chi connectivity index (χ3n) is 2.76. The average Bonchev–Trinajstić information content (AvgIpc) is 2.05. The molecular formula is C14H25NO3. The van der Waals surface area contributed by atoms with Gasteiger partial charge in [0.25, 0.3) is 0 Å². The van der Waals surface area contributed by atoms with E-state index >= 15 is 0 Å². The molecule has 1 heterocycles. The molecular weight excluding hydrogens is 230 g/mol. The number of carbonyl (C=O) groups excluding carboxylic acids is 2. The predicted molar refractivity (Wildman–Crippen MR) is 70.4 cm³/mol. The molecule has 1 aliphatic heterocycles. The molecule has 1 aliphatic rings. The molecule has 0 saturated carbocycles. The number of nitrogens with zero attached hydrogens (tertiary/aromatic N) is 1. The molecule has 4 heteroatoms. The van der Waals surface area contributed by atoms with Gasteiger partial charge >= 0.3 is 6.09 Å². The Labute approximate surface area is 110 Å². The Morgan fingerprint density at radius 1 is 1.28 bits per heavy atom. The minimum atomic E-state index is -0.449. The first kappa shape index (κ1) is 15.0. The van der Waals surface area contributed by atoms with Crippen LogP contribution in [0.25, 0.3) is 0 Å². The standard InChI is InChI=1S/C14H25NO3/c1-10(2)6-12(16)7-11-8-15(9-11)13(17)18-14(3,4)5/h10-11H,6-9H2,1-5H3. The van der Waals surface area contributed by atoms with Crippen LogP contribution in [0.1, 0.15) is 47.5 Å². The molecule has 104 valence electrons. The minimum absolute atomic E-state index is 0.268. The Balaban J connectivity index is 2.24. The van der Waals surface area contributed by atoms with E-state index < -0.39 is 5.60 Å². The van der Waals surface area contributed by atoms with E-state index in [4.69, 9.17) is 4.74 Å². The van der Waals surface area contributed by atoms with E-state index in [9.17, 15) is 9.59 Å². The SMILES string of the molecule is CC(C)CC(=O)CC1CN(C(=O)OC(C)(C)C)C1. The maximum atomic E-state index is 11.7. The van der Waals surface area contributed by atoms with Gasteiger partial charge in [0.1, 0.15) is 11.4 Å². The average molecular weight is 255 g/mol. The molecule has 0 aromatic heterocycles. The van der Waals surface area contributed by atoms with Crippen LogP contribution in [-0.4, -0.2) is 35.5 Å². The second kappa shape index (κ2) is 5.72. The molecule has 1 amide bonds. The Hall–Kier alpha value is -1.06. The summed E-state index contributed by atoms with van der Waals surface area (Å²) >= 11 is 0. The summed E-state index contributed by atoms with van der Waals surface area (Å²) < 4.78 is 5.26. The number of ketones is 1. The zero-order chi connectivity index (χ0) is 13.9. The highest BCUT2D eigenvalue weighted by Gasteiger charge is 2.34. The zero-order valence-corrected chi connectivity index (χ0v) is 12.2. The van der Waals surface area contributed by atoms with Gasteiger partial charge in [0.2, 0.25) is 0 Å². The van der Waals surface area contributed by atoms with Gasteiger partial charge in [-0.3, -0.25) is 4.79 Å². The fraction of sp³-hybridized carbons (Fsp3) is 0.857. The van der Waals surface area contributed by atoms with Crippen molar-refractivity contribution in [3.8, 4) is 0 Å². The summed E-state index contributed by atoms with van der Waals surface area (Å²) in [7, 11) is 0. The highest BCUT2D eigenvalue weighted by atomic mass is 16.6. The highest BCUT2D eigenvalue weighted by Crippen LogP contribution is 2.23. The molecule has 0 spiro atoms. The third-order valence-corrected chi connectivity index (χ3v) is 2.76. The summed E-state index contributed by atoms with van der Waals surface area (Å²) in [5, 5.41) is 0. The van der Waals surface area contributed by atoms with Gasteiger partial charge in [-0.1, -0.05) is 13.8 Å². The van der Waals surface area contributed by atoms with Gasteiger partial charge in [0.15, 0.2) is 0 Å². The highest BCUT2D eigenvalue weighted by molar-refractivity contribution is 5.79. The summed E-state index contributed by atoms with van der Waals surface area (Å²) in [6, 6.07) is 0. The number of hydrogen-bond donors (Lipinski definition) is 0. The Kier molecular flexibility index (Phi) is 4.77. The summed E-state index contributed by atoms with van der Waals surface area (Å²) in [5.41, 5.74) is -0.449. The first-order chi connectivity index (χ1) is 8.17. The summed E-state index contributed by atoms with van der Waals surface area (Å²) in [5.74, 6) is 1.04. The largest absolute Gasteiger partial charge is 0.444 e. The number of ether oxygens (including phenoxy) is 1. The lowest BCUT2D eigenvalue weighted by Crippen LogP contribution is -2.52. The molecule has 0 N–H and O–H groups in total. The van der Waals surface area contributed by atoms with Crippen LogP contribution in [0.3, 0.4) is 0 Å². The van der Waals surface area contributed by atoms with E-state index in [0.717, 1.165) is 0 Å². The molecule has 4 nitrogen and oxygen atoms in total. The lowest BCUT2D eigenvalue weighted by molar-refractivity contribution is -0.122. The van der Waals surface area contributed by atoms with Crippen LogP contribution in [0, 0.1) is 11.8 Å². The molecule has 1 fully saturated rings. The number of carbonyl (C=O) groups is 2. The summed E-state index contributed by atoms with van der Waals surface area (Å²) in [6.45, 7) is 11.0. The monoisotopic (exact) mass is 255 g/mol. The van der Waals surface area contributed by atoms with Gasteiger partial charge in [0, 0.05) is 31.8 Å². The molecule has 1 saturated heterocycles. The van der Waals surface area contributed by atoms with Crippen LogP contribution in [0.15, 0.2) is 0 Å². The van der Waals surface area contributed by atoms with E-state index in [1.54, 1.807) is 4.90 Å². The number of hydrogen-bond acceptors (Lipinski definition) is 3. The van der Waals surface area contributed by atoms with E-state index in [-0.39, 0.29) is 6.09 Å². The van der Waals surface area contributed by atoms with Gasteiger partial charge < -0.3 is 9.64 Å². The Bertz CT molecular complexity index is 311. The first-order valence-electron chi connectivity index (χ1n) is 6.67. The van der Waals surface area contributed by atoms with Crippen molar-refractivity contribution in [3.05, 3.63) is 0 Å². The van der Waals surface area contributed by atoms with Gasteiger partial charge in [-0.25, -0.2) is 4.79 Å². The zero-order valence-electron chi connectivity index (χ0n) is 12.2. The summed E-state index contributed by atoms with van der Waals surface area (Å²) in [4.78, 5) is 25.0. The van der Waals surface area contributed by atoms with Crippen LogP contribution < -0.4 is 0 Å². The molecule has 0 aromatic rings. The normalized spacial score (nSPS) is 16.7. The van der Waals surface area contributed by atoms with Crippen LogP contribution in [0.2, 0.25) is 0 Å². The minimum Gasteiger partial charge on any atom is -0.444 e.